The Morgan fingerprint density at radius 3 is 2.42 bits per heavy atom. The molecule has 0 unspecified atom stereocenters. The summed E-state index contributed by atoms with van der Waals surface area (Å²) in [7, 11) is -4.22. The molecule has 0 aromatic heterocycles. The van der Waals surface area contributed by atoms with Gasteiger partial charge in [-0.1, -0.05) is 13.8 Å². The molecule has 24 heavy (non-hydrogen) atoms. The van der Waals surface area contributed by atoms with Gasteiger partial charge in [0.15, 0.2) is 0 Å². The van der Waals surface area contributed by atoms with Crippen LogP contribution in [-0.4, -0.2) is 36.3 Å². The van der Waals surface area contributed by atoms with Crippen molar-refractivity contribution in [1.82, 2.24) is 5.32 Å². The predicted molar refractivity (Wildman–Crippen MR) is 90.1 cm³/mol. The summed E-state index contributed by atoms with van der Waals surface area (Å²) in [5.41, 5.74) is 2.08. The Morgan fingerprint density at radius 2 is 1.88 bits per heavy atom. The van der Waals surface area contributed by atoms with E-state index in [4.69, 9.17) is 9.66 Å². The average Bonchev–Trinajstić information content (AvgIpc) is 2.43. The molecule has 2 rings (SSSR count). The lowest BCUT2D eigenvalue weighted by Crippen LogP contribution is -2.30. The van der Waals surface area contributed by atoms with Gasteiger partial charge in [-0.15, -0.1) is 0 Å². The molecule has 0 atom stereocenters. The van der Waals surface area contributed by atoms with Crippen molar-refractivity contribution in [3.05, 3.63) is 36.0 Å². The third-order valence-corrected chi connectivity index (χ3v) is 4.41. The van der Waals surface area contributed by atoms with Gasteiger partial charge >= 0.3 is 5.97 Å². The highest BCUT2D eigenvalue weighted by Gasteiger charge is 2.26. The van der Waals surface area contributed by atoms with Crippen molar-refractivity contribution >= 4 is 27.5 Å². The van der Waals surface area contributed by atoms with Crippen molar-refractivity contribution in [3.8, 4) is 0 Å². The number of carboxylic acids is 1. The zero-order valence-corrected chi connectivity index (χ0v) is 14.3. The van der Waals surface area contributed by atoms with Gasteiger partial charge < -0.3 is 10.4 Å². The minimum atomic E-state index is -4.22. The monoisotopic (exact) mass is 352 g/mol. The number of nitrogens with one attached hydrogen (secondary N) is 1. The van der Waals surface area contributed by atoms with E-state index in [0.29, 0.717) is 12.1 Å². The molecule has 0 aliphatic heterocycles. The molecule has 0 saturated carbocycles. The maximum absolute atomic E-state index is 11.0. The molecular weight excluding hydrogens is 332 g/mol. The van der Waals surface area contributed by atoms with Crippen LogP contribution in [0.25, 0.3) is 0 Å². The number of carboxylic acid groups (broad SMARTS) is 1. The molecular formula is C16H20N2O5S. The number of allylic oxidation sites excluding steroid dienone is 2. The Bertz CT molecular complexity index is 792. The van der Waals surface area contributed by atoms with Crippen molar-refractivity contribution in [2.45, 2.75) is 31.6 Å². The number of aliphatic imine (C=N–C) groups is 1. The van der Waals surface area contributed by atoms with Crippen molar-refractivity contribution in [1.29, 1.82) is 0 Å². The van der Waals surface area contributed by atoms with Gasteiger partial charge in [-0.25, -0.2) is 0 Å². The highest BCUT2D eigenvalue weighted by atomic mass is 32.2. The van der Waals surface area contributed by atoms with E-state index in [-0.39, 0.29) is 16.9 Å². The van der Waals surface area contributed by atoms with E-state index in [1.54, 1.807) is 0 Å². The first-order valence-corrected chi connectivity index (χ1v) is 8.81. The number of hydrogen-bond acceptors (Lipinski definition) is 5. The van der Waals surface area contributed by atoms with Crippen LogP contribution in [0.3, 0.4) is 0 Å². The normalized spacial score (nSPS) is 19.0. The van der Waals surface area contributed by atoms with E-state index >= 15 is 0 Å². The summed E-state index contributed by atoms with van der Waals surface area (Å²) >= 11 is 0. The molecule has 1 aromatic carbocycles. The molecule has 8 heteroatoms. The minimum absolute atomic E-state index is 0.0667. The fourth-order valence-corrected chi connectivity index (χ4v) is 3.08. The third kappa shape index (κ3) is 5.17. The van der Waals surface area contributed by atoms with Crippen LogP contribution in [0, 0.1) is 5.41 Å². The van der Waals surface area contributed by atoms with Crippen LogP contribution in [-0.2, 0) is 14.9 Å². The summed E-state index contributed by atoms with van der Waals surface area (Å²) in [6.07, 6.45) is 3.26. The fraction of sp³-hybridized carbons (Fsp3) is 0.375. The molecule has 1 aromatic rings. The summed E-state index contributed by atoms with van der Waals surface area (Å²) in [6.45, 7) is 3.98. The second-order valence-corrected chi connectivity index (χ2v) is 7.93. The zero-order chi connectivity index (χ0) is 18.0. The van der Waals surface area contributed by atoms with Gasteiger partial charge in [0, 0.05) is 11.4 Å². The summed E-state index contributed by atoms with van der Waals surface area (Å²) in [6, 6.07) is 5.60. The van der Waals surface area contributed by atoms with E-state index in [2.05, 4.69) is 24.2 Å². The molecule has 7 nitrogen and oxygen atoms in total. The maximum Gasteiger partial charge on any atom is 0.322 e. The zero-order valence-electron chi connectivity index (χ0n) is 13.5. The molecule has 1 aliphatic carbocycles. The Labute approximate surface area is 140 Å². The molecule has 0 spiro atoms. The lowest BCUT2D eigenvalue weighted by atomic mass is 9.78. The first-order valence-electron chi connectivity index (χ1n) is 7.37. The summed E-state index contributed by atoms with van der Waals surface area (Å²) in [4.78, 5) is 15.0. The van der Waals surface area contributed by atoms with Crippen LogP contribution in [0.15, 0.2) is 45.9 Å². The van der Waals surface area contributed by atoms with Crippen LogP contribution >= 0.6 is 0 Å². The molecule has 0 fully saturated rings. The third-order valence-electron chi connectivity index (χ3n) is 3.54. The van der Waals surface area contributed by atoms with E-state index < -0.39 is 16.1 Å². The van der Waals surface area contributed by atoms with Gasteiger partial charge in [-0.3, -0.25) is 14.3 Å². The quantitative estimate of drug-likeness (QED) is 0.701. The highest BCUT2D eigenvalue weighted by molar-refractivity contribution is 7.85. The maximum atomic E-state index is 11.0. The highest BCUT2D eigenvalue weighted by Crippen LogP contribution is 2.34. The molecule has 0 heterocycles. The second kappa shape index (κ2) is 6.74. The van der Waals surface area contributed by atoms with Gasteiger partial charge in [-0.2, -0.15) is 8.42 Å². The van der Waals surface area contributed by atoms with Crippen molar-refractivity contribution < 1.29 is 22.9 Å². The van der Waals surface area contributed by atoms with E-state index in [1.807, 2.05) is 6.08 Å². The summed E-state index contributed by atoms with van der Waals surface area (Å²) in [5.74, 6) is -0.932. The van der Waals surface area contributed by atoms with Crippen LogP contribution in [0.4, 0.5) is 5.69 Å². The number of carbonyl (C=O) groups is 1. The average molecular weight is 352 g/mol. The number of aliphatic carboxylic acids is 1. The number of nitrogens with zero attached hydrogens (tertiary/aromatic N) is 1. The SMILES string of the molecule is CC1(C)CC(NCC(=O)O)=CC(=Nc2ccc(S(=O)(=O)O)cc2)C1. The predicted octanol–water partition coefficient (Wildman–Crippen LogP) is 2.38. The van der Waals surface area contributed by atoms with Gasteiger partial charge in [-0.05, 0) is 48.6 Å². The van der Waals surface area contributed by atoms with E-state index in [9.17, 15) is 13.2 Å². The van der Waals surface area contributed by atoms with Gasteiger partial charge in [0.25, 0.3) is 10.1 Å². The van der Waals surface area contributed by atoms with Crippen LogP contribution < -0.4 is 5.32 Å². The van der Waals surface area contributed by atoms with Crippen molar-refractivity contribution in [3.63, 3.8) is 0 Å². The topological polar surface area (TPSA) is 116 Å². The molecule has 0 bridgehead atoms. The van der Waals surface area contributed by atoms with Gasteiger partial charge in [0.2, 0.25) is 0 Å². The number of benzene rings is 1. The van der Waals surface area contributed by atoms with Crippen molar-refractivity contribution in [2.24, 2.45) is 10.4 Å². The van der Waals surface area contributed by atoms with Crippen LogP contribution in [0.2, 0.25) is 0 Å². The number of hydrogen-bond donors (Lipinski definition) is 3. The molecule has 1 aliphatic rings. The Hall–Kier alpha value is -2.19. The Kier molecular flexibility index (Phi) is 5.10. The standard InChI is InChI=1S/C16H20N2O5S/c1-16(2)8-12(17-10-15(19)20)7-13(9-16)18-11-3-5-14(6-4-11)24(21,22)23/h3-7,17H,8-10H2,1-2H3,(H,19,20)(H,21,22,23). The molecule has 130 valence electrons. The molecule has 0 radical (unpaired) electrons. The van der Waals surface area contributed by atoms with Gasteiger partial charge in [0.05, 0.1) is 10.6 Å². The smallest absolute Gasteiger partial charge is 0.322 e. The second-order valence-electron chi connectivity index (χ2n) is 6.51. The van der Waals surface area contributed by atoms with Crippen LogP contribution in [0.1, 0.15) is 26.7 Å². The van der Waals surface area contributed by atoms with Gasteiger partial charge in [0.1, 0.15) is 6.54 Å². The van der Waals surface area contributed by atoms with E-state index in [0.717, 1.165) is 17.8 Å². The Morgan fingerprint density at radius 1 is 1.25 bits per heavy atom. The molecule has 0 saturated heterocycles. The fourth-order valence-electron chi connectivity index (χ4n) is 2.60. The van der Waals surface area contributed by atoms with E-state index in [1.165, 1.54) is 24.3 Å². The first kappa shape index (κ1) is 18.2. The first-order chi connectivity index (χ1) is 11.0. The molecule has 0 amide bonds. The largest absolute Gasteiger partial charge is 0.480 e. The van der Waals surface area contributed by atoms with Crippen molar-refractivity contribution in [2.75, 3.05) is 6.54 Å². The lowest BCUT2D eigenvalue weighted by Gasteiger charge is -2.30. The summed E-state index contributed by atoms with van der Waals surface area (Å²) < 4.78 is 31.1. The Balaban J connectivity index is 2.26. The lowest BCUT2D eigenvalue weighted by molar-refractivity contribution is -0.135. The van der Waals surface area contributed by atoms with Crippen LogP contribution in [0.5, 0.6) is 0 Å². The number of rotatable bonds is 5. The minimum Gasteiger partial charge on any atom is -0.480 e. The summed E-state index contributed by atoms with van der Waals surface area (Å²) in [5, 5.41) is 11.7. The molecule has 3 N–H and O–H groups in total.